The van der Waals surface area contributed by atoms with Gasteiger partial charge in [0.2, 0.25) is 0 Å². The molecule has 0 amide bonds. The monoisotopic (exact) mass is 160 g/mol. The summed E-state index contributed by atoms with van der Waals surface area (Å²) in [6.07, 6.45) is 5.54. The number of hydrogen-bond acceptors (Lipinski definition) is 1. The van der Waals surface area contributed by atoms with Gasteiger partial charge in [-0.1, -0.05) is 39.5 Å². The van der Waals surface area contributed by atoms with Gasteiger partial charge in [0.1, 0.15) is 0 Å². The Morgan fingerprint density at radius 2 is 1.09 bits per heavy atom. The summed E-state index contributed by atoms with van der Waals surface area (Å²) in [7, 11) is 0. The first-order valence-electron chi connectivity index (χ1n) is 4.91. The molecule has 70 valence electrons. The molecule has 1 heteroatoms. The number of hydrogen-bond donors (Lipinski definition) is 0. The lowest BCUT2D eigenvalue weighted by atomic mass is 10.2. The van der Waals surface area contributed by atoms with E-state index in [0.717, 1.165) is 13.2 Å². The third kappa shape index (κ3) is 25.7. The molecule has 0 aliphatic rings. The van der Waals surface area contributed by atoms with Crippen LogP contribution < -0.4 is 0 Å². The molecule has 0 rings (SSSR count). The van der Waals surface area contributed by atoms with Gasteiger partial charge >= 0.3 is 0 Å². The van der Waals surface area contributed by atoms with E-state index in [1.165, 1.54) is 25.7 Å². The highest BCUT2D eigenvalue weighted by Crippen LogP contribution is 1.95. The molecule has 1 nitrogen and oxygen atoms in total. The highest BCUT2D eigenvalue weighted by atomic mass is 16.5. The van der Waals surface area contributed by atoms with Crippen molar-refractivity contribution in [3.05, 3.63) is 0 Å². The predicted molar refractivity (Wildman–Crippen MR) is 52.0 cm³/mol. The summed E-state index contributed by atoms with van der Waals surface area (Å²) in [5.74, 6) is 0. The van der Waals surface area contributed by atoms with Crippen LogP contribution in [0, 0.1) is 0 Å². The molecule has 0 aromatic rings. The van der Waals surface area contributed by atoms with Crippen LogP contribution in [-0.4, -0.2) is 13.2 Å². The number of ether oxygens (including phenoxy) is 1. The normalized spacial score (nSPS) is 8.73. The second kappa shape index (κ2) is 16.5. The Morgan fingerprint density at radius 3 is 1.18 bits per heavy atom. The van der Waals surface area contributed by atoms with Gasteiger partial charge < -0.3 is 4.74 Å². The smallest absolute Gasteiger partial charge is 0.0437 e. The third-order valence-corrected chi connectivity index (χ3v) is 1.37. The van der Waals surface area contributed by atoms with Gasteiger partial charge in [-0.15, -0.1) is 0 Å². The molecule has 0 bridgehead atoms. The molecule has 11 heavy (non-hydrogen) atoms. The first-order chi connectivity index (χ1) is 5.33. The van der Waals surface area contributed by atoms with Gasteiger partial charge in [0.15, 0.2) is 0 Å². The lowest BCUT2D eigenvalue weighted by Crippen LogP contribution is -1.84. The van der Waals surface area contributed by atoms with Crippen molar-refractivity contribution < 1.29 is 4.74 Å². The molecule has 0 atom stereocenters. The van der Waals surface area contributed by atoms with Gasteiger partial charge in [0.25, 0.3) is 0 Å². The molecule has 0 radical (unpaired) electrons. The summed E-state index contributed by atoms with van der Waals surface area (Å²) in [5, 5.41) is 0. The van der Waals surface area contributed by atoms with Crippen molar-refractivity contribution in [2.75, 3.05) is 13.2 Å². The van der Waals surface area contributed by atoms with Gasteiger partial charge in [-0.2, -0.15) is 0 Å². The molecule has 0 saturated heterocycles. The van der Waals surface area contributed by atoms with Crippen LogP contribution in [0.1, 0.15) is 53.4 Å². The maximum Gasteiger partial charge on any atom is 0.0437 e. The Bertz CT molecular complexity index is 38.1. The highest BCUT2D eigenvalue weighted by molar-refractivity contribution is 4.31. The second-order valence-corrected chi connectivity index (χ2v) is 2.49. The minimum atomic E-state index is 0.844. The fraction of sp³-hybridized carbons (Fsp3) is 1.00. The minimum absolute atomic E-state index is 0.844. The van der Waals surface area contributed by atoms with Crippen LogP contribution in [0.25, 0.3) is 0 Å². The molecular weight excluding hydrogens is 136 g/mol. The molecular formula is C10H24O. The lowest BCUT2D eigenvalue weighted by molar-refractivity contribution is 0.162. The molecule has 0 fully saturated rings. The van der Waals surface area contributed by atoms with Crippen LogP contribution in [0.3, 0.4) is 0 Å². The largest absolute Gasteiger partial charge is 0.382 e. The van der Waals surface area contributed by atoms with Gasteiger partial charge in [0, 0.05) is 13.2 Å². The Kier molecular flexibility index (Phi) is 20.3. The van der Waals surface area contributed by atoms with Gasteiger partial charge in [-0.25, -0.2) is 0 Å². The van der Waals surface area contributed by atoms with Crippen LogP contribution in [0.2, 0.25) is 0 Å². The van der Waals surface area contributed by atoms with Crippen molar-refractivity contribution in [1.82, 2.24) is 0 Å². The number of rotatable bonds is 5. The SMILES string of the molecule is CCCCCC.CCOCC. The topological polar surface area (TPSA) is 9.23 Å². The van der Waals surface area contributed by atoms with Crippen molar-refractivity contribution in [2.45, 2.75) is 53.4 Å². The zero-order chi connectivity index (χ0) is 8.95. The molecule has 0 unspecified atom stereocenters. The van der Waals surface area contributed by atoms with Crippen LogP contribution in [0.5, 0.6) is 0 Å². The molecule has 0 aliphatic heterocycles. The van der Waals surface area contributed by atoms with Crippen LogP contribution in [0.4, 0.5) is 0 Å². The van der Waals surface area contributed by atoms with Crippen LogP contribution in [0.15, 0.2) is 0 Å². The first kappa shape index (κ1) is 13.5. The summed E-state index contributed by atoms with van der Waals surface area (Å²) in [6, 6.07) is 0. The Balaban J connectivity index is 0. The summed E-state index contributed by atoms with van der Waals surface area (Å²) in [4.78, 5) is 0. The van der Waals surface area contributed by atoms with E-state index in [9.17, 15) is 0 Å². The fourth-order valence-corrected chi connectivity index (χ4v) is 0.704. The van der Waals surface area contributed by atoms with E-state index in [1.807, 2.05) is 13.8 Å². The standard InChI is InChI=1S/C6H14.C4H10O/c1-3-5-6-4-2;1-3-5-4-2/h3-6H2,1-2H3;3-4H2,1-2H3. The van der Waals surface area contributed by atoms with Crippen LogP contribution in [-0.2, 0) is 4.74 Å². The van der Waals surface area contributed by atoms with Crippen molar-refractivity contribution in [3.63, 3.8) is 0 Å². The summed E-state index contributed by atoms with van der Waals surface area (Å²) < 4.78 is 4.83. The van der Waals surface area contributed by atoms with Gasteiger partial charge in [-0.3, -0.25) is 0 Å². The average Bonchev–Trinajstić information content (AvgIpc) is 2.04. The quantitative estimate of drug-likeness (QED) is 0.558. The van der Waals surface area contributed by atoms with Gasteiger partial charge in [-0.05, 0) is 13.8 Å². The minimum Gasteiger partial charge on any atom is -0.382 e. The van der Waals surface area contributed by atoms with E-state index in [1.54, 1.807) is 0 Å². The van der Waals surface area contributed by atoms with E-state index in [4.69, 9.17) is 4.74 Å². The van der Waals surface area contributed by atoms with Crippen molar-refractivity contribution in [1.29, 1.82) is 0 Å². The van der Waals surface area contributed by atoms with Gasteiger partial charge in [0.05, 0.1) is 0 Å². The molecule has 0 N–H and O–H groups in total. The lowest BCUT2D eigenvalue weighted by Gasteiger charge is -1.86. The molecule has 0 heterocycles. The number of unbranched alkanes of at least 4 members (excludes halogenated alkanes) is 3. The van der Waals surface area contributed by atoms with Crippen molar-refractivity contribution >= 4 is 0 Å². The molecule has 0 saturated carbocycles. The first-order valence-corrected chi connectivity index (χ1v) is 4.91. The van der Waals surface area contributed by atoms with Crippen LogP contribution >= 0.6 is 0 Å². The molecule has 0 aliphatic carbocycles. The second-order valence-electron chi connectivity index (χ2n) is 2.49. The Hall–Kier alpha value is -0.0400. The summed E-state index contributed by atoms with van der Waals surface area (Å²) in [6.45, 7) is 10.1. The van der Waals surface area contributed by atoms with E-state index in [0.29, 0.717) is 0 Å². The van der Waals surface area contributed by atoms with Crippen molar-refractivity contribution in [3.8, 4) is 0 Å². The molecule has 0 aromatic heterocycles. The highest BCUT2D eigenvalue weighted by Gasteiger charge is 1.75. The zero-order valence-electron chi connectivity index (χ0n) is 8.65. The average molecular weight is 160 g/mol. The third-order valence-electron chi connectivity index (χ3n) is 1.37. The van der Waals surface area contributed by atoms with E-state index < -0.39 is 0 Å². The maximum atomic E-state index is 4.83. The maximum absolute atomic E-state index is 4.83. The zero-order valence-corrected chi connectivity index (χ0v) is 8.65. The van der Waals surface area contributed by atoms with E-state index >= 15 is 0 Å². The fourth-order valence-electron chi connectivity index (χ4n) is 0.704. The Morgan fingerprint density at radius 1 is 0.727 bits per heavy atom. The van der Waals surface area contributed by atoms with E-state index in [-0.39, 0.29) is 0 Å². The van der Waals surface area contributed by atoms with E-state index in [2.05, 4.69) is 13.8 Å². The molecule has 0 aromatic carbocycles. The Labute approximate surface area is 72.1 Å². The summed E-state index contributed by atoms with van der Waals surface area (Å²) >= 11 is 0. The van der Waals surface area contributed by atoms with Crippen molar-refractivity contribution in [2.24, 2.45) is 0 Å². The predicted octanol–water partition coefficient (Wildman–Crippen LogP) is 3.63. The summed E-state index contributed by atoms with van der Waals surface area (Å²) in [5.41, 5.74) is 0. The molecule has 0 spiro atoms.